The van der Waals surface area contributed by atoms with Crippen LogP contribution >= 0.6 is 27.7 Å². The molecular formula is C12H17BrFNS. The molecule has 1 unspecified atom stereocenters. The van der Waals surface area contributed by atoms with E-state index in [-0.39, 0.29) is 5.82 Å². The first-order valence-corrected chi connectivity index (χ1v) is 7.45. The number of thioether (sulfide) groups is 1. The molecule has 1 aromatic carbocycles. The summed E-state index contributed by atoms with van der Waals surface area (Å²) >= 11 is 5.05. The Morgan fingerprint density at radius 3 is 2.88 bits per heavy atom. The van der Waals surface area contributed by atoms with Gasteiger partial charge in [0.1, 0.15) is 5.82 Å². The van der Waals surface area contributed by atoms with Crippen LogP contribution in [0.3, 0.4) is 0 Å². The summed E-state index contributed by atoms with van der Waals surface area (Å²) in [6, 6.07) is 5.13. The highest BCUT2D eigenvalue weighted by Crippen LogP contribution is 2.16. The van der Waals surface area contributed by atoms with Crippen molar-refractivity contribution >= 4 is 27.7 Å². The van der Waals surface area contributed by atoms with Gasteiger partial charge in [0.15, 0.2) is 0 Å². The molecule has 1 atom stereocenters. The first kappa shape index (κ1) is 14.0. The van der Waals surface area contributed by atoms with Gasteiger partial charge in [-0.3, -0.25) is 0 Å². The van der Waals surface area contributed by atoms with Gasteiger partial charge in [-0.2, -0.15) is 11.8 Å². The van der Waals surface area contributed by atoms with E-state index >= 15 is 0 Å². The maximum absolute atomic E-state index is 13.0. The van der Waals surface area contributed by atoms with Gasteiger partial charge < -0.3 is 5.32 Å². The Balaban J connectivity index is 2.34. The normalized spacial score (nSPS) is 12.8. The minimum absolute atomic E-state index is 0.209. The summed E-state index contributed by atoms with van der Waals surface area (Å²) in [5.74, 6) is 1.62. The predicted molar refractivity (Wildman–Crippen MR) is 73.4 cm³/mol. The third-order valence-corrected chi connectivity index (χ3v) is 3.77. The Kier molecular flexibility index (Phi) is 6.39. The van der Waals surface area contributed by atoms with Crippen molar-refractivity contribution in [2.75, 3.05) is 18.6 Å². The fourth-order valence-corrected chi connectivity index (χ4v) is 2.57. The lowest BCUT2D eigenvalue weighted by molar-refractivity contribution is 0.558. The van der Waals surface area contributed by atoms with Crippen molar-refractivity contribution in [3.05, 3.63) is 34.1 Å². The van der Waals surface area contributed by atoms with E-state index < -0.39 is 0 Å². The van der Waals surface area contributed by atoms with E-state index in [1.54, 1.807) is 0 Å². The summed E-state index contributed by atoms with van der Waals surface area (Å²) in [6.45, 7) is 4.01. The van der Waals surface area contributed by atoms with E-state index in [9.17, 15) is 4.39 Å². The molecule has 0 radical (unpaired) electrons. The molecule has 90 valence electrons. The van der Waals surface area contributed by atoms with Crippen LogP contribution in [0.25, 0.3) is 0 Å². The second-order valence-corrected chi connectivity index (χ2v) is 5.70. The van der Waals surface area contributed by atoms with Gasteiger partial charge in [-0.05, 0) is 58.1 Å². The first-order valence-electron chi connectivity index (χ1n) is 5.27. The van der Waals surface area contributed by atoms with Crippen LogP contribution in [0.15, 0.2) is 22.7 Å². The van der Waals surface area contributed by atoms with Crippen molar-refractivity contribution in [3.8, 4) is 0 Å². The highest BCUT2D eigenvalue weighted by atomic mass is 79.9. The largest absolute Gasteiger partial charge is 0.312 e. The quantitative estimate of drug-likeness (QED) is 0.860. The lowest BCUT2D eigenvalue weighted by atomic mass is 10.2. The fraction of sp³-hybridized carbons (Fsp3) is 0.500. The zero-order valence-corrected chi connectivity index (χ0v) is 12.0. The molecule has 0 saturated heterocycles. The second kappa shape index (κ2) is 7.30. The van der Waals surface area contributed by atoms with Crippen LogP contribution in [0.1, 0.15) is 12.5 Å². The van der Waals surface area contributed by atoms with Gasteiger partial charge in [0, 0.05) is 6.54 Å². The molecule has 0 amide bonds. The third kappa shape index (κ3) is 4.85. The van der Waals surface area contributed by atoms with Crippen LogP contribution in [0.5, 0.6) is 0 Å². The van der Waals surface area contributed by atoms with Gasteiger partial charge in [0.25, 0.3) is 0 Å². The second-order valence-electron chi connectivity index (χ2n) is 3.94. The monoisotopic (exact) mass is 305 g/mol. The minimum Gasteiger partial charge on any atom is -0.312 e. The van der Waals surface area contributed by atoms with Crippen LogP contribution in [-0.2, 0) is 6.54 Å². The zero-order chi connectivity index (χ0) is 12.0. The van der Waals surface area contributed by atoms with Crippen molar-refractivity contribution in [1.29, 1.82) is 0 Å². The lowest BCUT2D eigenvalue weighted by Gasteiger charge is -2.11. The van der Waals surface area contributed by atoms with Crippen LogP contribution < -0.4 is 5.32 Å². The molecule has 0 fully saturated rings. The van der Waals surface area contributed by atoms with Gasteiger partial charge in [-0.15, -0.1) is 0 Å². The van der Waals surface area contributed by atoms with Crippen LogP contribution in [0.2, 0.25) is 0 Å². The molecule has 1 aromatic rings. The number of hydrogen-bond donors (Lipinski definition) is 1. The zero-order valence-electron chi connectivity index (χ0n) is 9.59. The molecule has 1 rings (SSSR count). The number of nitrogens with one attached hydrogen (secondary N) is 1. The topological polar surface area (TPSA) is 12.0 Å². The van der Waals surface area contributed by atoms with E-state index in [0.717, 1.165) is 18.7 Å². The Bertz CT molecular complexity index is 333. The van der Waals surface area contributed by atoms with Crippen LogP contribution in [-0.4, -0.2) is 18.6 Å². The summed E-state index contributed by atoms with van der Waals surface area (Å²) in [6.07, 6.45) is 2.12. The van der Waals surface area contributed by atoms with Crippen molar-refractivity contribution in [1.82, 2.24) is 5.32 Å². The lowest BCUT2D eigenvalue weighted by Crippen LogP contribution is -2.22. The Labute approximate surface area is 109 Å². The summed E-state index contributed by atoms with van der Waals surface area (Å²) in [7, 11) is 0. The van der Waals surface area contributed by atoms with E-state index in [2.05, 4.69) is 34.4 Å². The van der Waals surface area contributed by atoms with Gasteiger partial charge in [0.2, 0.25) is 0 Å². The van der Waals surface area contributed by atoms with Gasteiger partial charge in [-0.1, -0.05) is 13.0 Å². The SMILES string of the molecule is CSCC(C)CNCc1ccc(F)c(Br)c1. The molecule has 0 bridgehead atoms. The molecule has 0 spiro atoms. The molecule has 0 saturated carbocycles. The minimum atomic E-state index is -0.209. The van der Waals surface area contributed by atoms with Crippen LogP contribution in [0, 0.1) is 11.7 Å². The van der Waals surface area contributed by atoms with Gasteiger partial charge in [-0.25, -0.2) is 4.39 Å². The summed E-state index contributed by atoms with van der Waals surface area (Å²) in [4.78, 5) is 0. The molecule has 0 aliphatic carbocycles. The first-order chi connectivity index (χ1) is 7.63. The highest BCUT2D eigenvalue weighted by molar-refractivity contribution is 9.10. The van der Waals surface area contributed by atoms with Crippen LogP contribution in [0.4, 0.5) is 4.39 Å². The van der Waals surface area contributed by atoms with Crippen molar-refractivity contribution in [2.24, 2.45) is 5.92 Å². The molecule has 16 heavy (non-hydrogen) atoms. The van der Waals surface area contributed by atoms with Crippen molar-refractivity contribution in [2.45, 2.75) is 13.5 Å². The molecule has 0 aliphatic heterocycles. The van der Waals surface area contributed by atoms with Crippen molar-refractivity contribution in [3.63, 3.8) is 0 Å². The average Bonchev–Trinajstić information content (AvgIpc) is 2.24. The molecule has 0 aromatic heterocycles. The molecule has 1 nitrogen and oxygen atoms in total. The Morgan fingerprint density at radius 2 is 2.25 bits per heavy atom. The molecule has 0 heterocycles. The van der Waals surface area contributed by atoms with E-state index in [1.165, 1.54) is 11.8 Å². The fourth-order valence-electron chi connectivity index (χ4n) is 1.46. The number of halogens is 2. The van der Waals surface area contributed by atoms with Gasteiger partial charge >= 0.3 is 0 Å². The molecule has 1 N–H and O–H groups in total. The summed E-state index contributed by atoms with van der Waals surface area (Å²) in [5.41, 5.74) is 1.10. The van der Waals surface area contributed by atoms with Crippen molar-refractivity contribution < 1.29 is 4.39 Å². The summed E-state index contributed by atoms with van der Waals surface area (Å²) < 4.78 is 13.5. The number of rotatable bonds is 6. The smallest absolute Gasteiger partial charge is 0.137 e. The van der Waals surface area contributed by atoms with E-state index in [4.69, 9.17) is 0 Å². The highest BCUT2D eigenvalue weighted by Gasteiger charge is 2.02. The standard InChI is InChI=1S/C12H17BrFNS/c1-9(8-16-2)6-15-7-10-3-4-12(14)11(13)5-10/h3-5,9,15H,6-8H2,1-2H3. The number of hydrogen-bond acceptors (Lipinski definition) is 2. The molecule has 0 aliphatic rings. The Hall–Kier alpha value is -0.0600. The Morgan fingerprint density at radius 1 is 1.50 bits per heavy atom. The average molecular weight is 306 g/mol. The maximum atomic E-state index is 13.0. The predicted octanol–water partition coefficient (Wildman–Crippen LogP) is 3.68. The molecular weight excluding hydrogens is 289 g/mol. The summed E-state index contributed by atoms with van der Waals surface area (Å²) in [5, 5.41) is 3.38. The third-order valence-electron chi connectivity index (χ3n) is 2.26. The van der Waals surface area contributed by atoms with E-state index in [1.807, 2.05) is 23.9 Å². The van der Waals surface area contributed by atoms with E-state index in [0.29, 0.717) is 10.4 Å². The maximum Gasteiger partial charge on any atom is 0.137 e. The molecule has 4 heteroatoms. The van der Waals surface area contributed by atoms with Gasteiger partial charge in [0.05, 0.1) is 4.47 Å². The number of benzene rings is 1.